The molecule has 0 unspecified atom stereocenters. The van der Waals surface area contributed by atoms with Crippen molar-refractivity contribution >= 4 is 23.9 Å². The van der Waals surface area contributed by atoms with Gasteiger partial charge >= 0.3 is 12.1 Å². The fourth-order valence-corrected chi connectivity index (χ4v) is 4.71. The summed E-state index contributed by atoms with van der Waals surface area (Å²) in [6, 6.07) is 20.1. The maximum absolute atomic E-state index is 13.7. The lowest BCUT2D eigenvalue weighted by Gasteiger charge is -2.26. The number of amides is 3. The highest BCUT2D eigenvalue weighted by Crippen LogP contribution is 2.25. The lowest BCUT2D eigenvalue weighted by molar-refractivity contribution is -0.142. The molecule has 0 aliphatic carbocycles. The standard InChI is InChI=1S/C33H37N3O7/c1-33(2,3)43-32(41)36-27-19-22-11-7-13-24(17-22)42-25-14-8-12-23(18-25)20-28(31(39)40)35-29(37)26(34-30(27)38)16-15-21-9-5-4-6-10-21/h4-14,17-18,26-28H,15-16,19-20H2,1-3H3,(H,34,38)(H,35,37)(H,36,41)(H,39,40)/t26-,27-,28-/m0/s1. The van der Waals surface area contributed by atoms with E-state index in [2.05, 4.69) is 16.0 Å². The van der Waals surface area contributed by atoms with Crippen LogP contribution >= 0.6 is 0 Å². The summed E-state index contributed by atoms with van der Waals surface area (Å²) >= 11 is 0. The van der Waals surface area contributed by atoms with Crippen molar-refractivity contribution in [2.75, 3.05) is 0 Å². The molecule has 0 saturated carbocycles. The van der Waals surface area contributed by atoms with Crippen molar-refractivity contribution in [1.82, 2.24) is 16.0 Å². The first-order valence-corrected chi connectivity index (χ1v) is 14.2. The molecule has 0 spiro atoms. The summed E-state index contributed by atoms with van der Waals surface area (Å²) < 4.78 is 11.4. The van der Waals surface area contributed by atoms with E-state index in [9.17, 15) is 24.3 Å². The van der Waals surface area contributed by atoms with E-state index >= 15 is 0 Å². The molecule has 4 N–H and O–H groups in total. The quantitative estimate of drug-likeness (QED) is 0.351. The Labute approximate surface area is 250 Å². The van der Waals surface area contributed by atoms with Crippen LogP contribution in [-0.4, -0.2) is 52.7 Å². The van der Waals surface area contributed by atoms with Crippen LogP contribution < -0.4 is 20.7 Å². The Bertz CT molecular complexity index is 1450. The Morgan fingerprint density at radius 3 is 2.12 bits per heavy atom. The molecule has 3 amide bonds. The van der Waals surface area contributed by atoms with Crippen LogP contribution in [0, 0.1) is 0 Å². The van der Waals surface area contributed by atoms with Gasteiger partial charge in [-0.1, -0.05) is 54.6 Å². The maximum Gasteiger partial charge on any atom is 0.408 e. The first kappa shape index (κ1) is 31.1. The second-order valence-corrected chi connectivity index (χ2v) is 11.5. The summed E-state index contributed by atoms with van der Waals surface area (Å²) in [5.41, 5.74) is 1.50. The topological polar surface area (TPSA) is 143 Å². The molecular formula is C33H37N3O7. The Morgan fingerprint density at radius 1 is 0.884 bits per heavy atom. The van der Waals surface area contributed by atoms with Gasteiger partial charge in [-0.15, -0.1) is 0 Å². The van der Waals surface area contributed by atoms with Gasteiger partial charge in [0.2, 0.25) is 11.8 Å². The molecule has 1 heterocycles. The third-order valence-electron chi connectivity index (χ3n) is 6.73. The van der Waals surface area contributed by atoms with E-state index in [0.29, 0.717) is 29.0 Å². The van der Waals surface area contributed by atoms with Crippen molar-refractivity contribution in [3.8, 4) is 11.5 Å². The summed E-state index contributed by atoms with van der Waals surface area (Å²) in [5, 5.41) is 18.0. The largest absolute Gasteiger partial charge is 0.480 e. The number of nitrogens with one attached hydrogen (secondary N) is 3. The number of rotatable bonds is 5. The van der Waals surface area contributed by atoms with Crippen LogP contribution in [0.3, 0.4) is 0 Å². The molecule has 0 aromatic heterocycles. The number of carbonyl (C=O) groups is 4. The predicted octanol–water partition coefficient (Wildman–Crippen LogP) is 4.16. The minimum atomic E-state index is -1.26. The first-order chi connectivity index (χ1) is 20.4. The molecule has 10 heteroatoms. The molecule has 226 valence electrons. The Morgan fingerprint density at radius 2 is 1.51 bits per heavy atom. The van der Waals surface area contributed by atoms with Gasteiger partial charge in [0.1, 0.15) is 35.2 Å². The molecule has 43 heavy (non-hydrogen) atoms. The third kappa shape index (κ3) is 9.59. The van der Waals surface area contributed by atoms with Gasteiger partial charge in [0, 0.05) is 12.8 Å². The highest BCUT2D eigenvalue weighted by molar-refractivity contribution is 5.93. The van der Waals surface area contributed by atoms with Gasteiger partial charge in [-0.05, 0) is 74.6 Å². The number of benzene rings is 3. The molecule has 10 nitrogen and oxygen atoms in total. The van der Waals surface area contributed by atoms with Crippen LogP contribution in [0.2, 0.25) is 0 Å². The zero-order valence-corrected chi connectivity index (χ0v) is 24.5. The zero-order valence-electron chi connectivity index (χ0n) is 24.5. The Kier molecular flexibility index (Phi) is 10.0. The molecule has 1 aliphatic rings. The van der Waals surface area contributed by atoms with E-state index in [0.717, 1.165) is 5.56 Å². The maximum atomic E-state index is 13.7. The van der Waals surface area contributed by atoms with Crippen LogP contribution in [0.15, 0.2) is 78.9 Å². The molecule has 0 radical (unpaired) electrons. The van der Waals surface area contributed by atoms with Crippen LogP contribution in [0.4, 0.5) is 4.79 Å². The van der Waals surface area contributed by atoms with Crippen molar-refractivity contribution in [3.05, 3.63) is 95.6 Å². The smallest absolute Gasteiger partial charge is 0.408 e. The number of ether oxygens (including phenoxy) is 2. The number of fused-ring (bicyclic) bond motifs is 4. The predicted molar refractivity (Wildman–Crippen MR) is 160 cm³/mol. The van der Waals surface area contributed by atoms with Crippen LogP contribution in [0.5, 0.6) is 11.5 Å². The highest BCUT2D eigenvalue weighted by Gasteiger charge is 2.31. The number of hydrogen-bond donors (Lipinski definition) is 4. The average molecular weight is 588 g/mol. The Hall–Kier alpha value is -4.86. The minimum Gasteiger partial charge on any atom is -0.480 e. The van der Waals surface area contributed by atoms with Crippen LogP contribution in [-0.2, 0) is 38.4 Å². The molecule has 4 rings (SSSR count). The molecule has 3 aromatic carbocycles. The molecule has 4 bridgehead atoms. The van der Waals surface area contributed by atoms with E-state index in [-0.39, 0.29) is 19.3 Å². The van der Waals surface area contributed by atoms with Crippen molar-refractivity contribution < 1.29 is 33.8 Å². The number of carboxylic acids is 1. The highest BCUT2D eigenvalue weighted by atomic mass is 16.6. The summed E-state index contributed by atoms with van der Waals surface area (Å²) in [7, 11) is 0. The van der Waals surface area contributed by atoms with Gasteiger partial charge in [-0.3, -0.25) is 9.59 Å². The lowest BCUT2D eigenvalue weighted by atomic mass is 10.0. The molecule has 3 atom stereocenters. The number of aliphatic carboxylic acids is 1. The van der Waals surface area contributed by atoms with Crippen molar-refractivity contribution in [1.29, 1.82) is 0 Å². The number of aryl methyl sites for hydroxylation is 1. The number of carbonyl (C=O) groups excluding carboxylic acids is 3. The second kappa shape index (κ2) is 13.9. The summed E-state index contributed by atoms with van der Waals surface area (Å²) in [5.74, 6) is -1.49. The monoisotopic (exact) mass is 587 g/mol. The van der Waals surface area contributed by atoms with E-state index in [1.54, 1.807) is 69.3 Å². The number of alkyl carbamates (subject to hydrolysis) is 1. The van der Waals surface area contributed by atoms with E-state index in [1.807, 2.05) is 30.3 Å². The number of hydrogen-bond acceptors (Lipinski definition) is 6. The third-order valence-corrected chi connectivity index (χ3v) is 6.73. The van der Waals surface area contributed by atoms with Crippen molar-refractivity contribution in [3.63, 3.8) is 0 Å². The zero-order chi connectivity index (χ0) is 31.0. The summed E-state index contributed by atoms with van der Waals surface area (Å²) in [6.07, 6.45) is -0.0651. The van der Waals surface area contributed by atoms with E-state index in [4.69, 9.17) is 9.47 Å². The van der Waals surface area contributed by atoms with E-state index < -0.39 is 47.6 Å². The van der Waals surface area contributed by atoms with Gasteiger partial charge in [-0.2, -0.15) is 0 Å². The number of carboxylic acid groups (broad SMARTS) is 1. The van der Waals surface area contributed by atoms with Crippen LogP contribution in [0.25, 0.3) is 0 Å². The molecule has 1 aliphatic heterocycles. The lowest BCUT2D eigenvalue weighted by Crippen LogP contribution is -2.56. The van der Waals surface area contributed by atoms with Gasteiger partial charge in [0.25, 0.3) is 0 Å². The van der Waals surface area contributed by atoms with E-state index in [1.165, 1.54) is 0 Å². The van der Waals surface area contributed by atoms with Gasteiger partial charge in [0.05, 0.1) is 0 Å². The van der Waals surface area contributed by atoms with Crippen molar-refractivity contribution in [2.24, 2.45) is 0 Å². The minimum absolute atomic E-state index is 0.000485. The van der Waals surface area contributed by atoms with Gasteiger partial charge < -0.3 is 30.5 Å². The van der Waals surface area contributed by atoms with Crippen molar-refractivity contribution in [2.45, 2.75) is 70.2 Å². The fourth-order valence-electron chi connectivity index (χ4n) is 4.71. The van der Waals surface area contributed by atoms with Crippen LogP contribution in [0.1, 0.15) is 43.9 Å². The second-order valence-electron chi connectivity index (χ2n) is 11.5. The fraction of sp³-hybridized carbons (Fsp3) is 0.333. The molecular weight excluding hydrogens is 550 g/mol. The SMILES string of the molecule is CC(C)(C)OC(=O)N[C@H]1Cc2cccc(c2)Oc2cccc(c2)C[C@@H](C(=O)O)NC(=O)[C@H](CCc2ccccc2)NC1=O. The average Bonchev–Trinajstić information content (AvgIpc) is 2.94. The summed E-state index contributed by atoms with van der Waals surface area (Å²) in [4.78, 5) is 52.2. The van der Waals surface area contributed by atoms with Gasteiger partial charge in [0.15, 0.2) is 0 Å². The molecule has 0 fully saturated rings. The molecule has 3 aromatic rings. The van der Waals surface area contributed by atoms with Gasteiger partial charge in [-0.25, -0.2) is 9.59 Å². The first-order valence-electron chi connectivity index (χ1n) is 14.2. The molecule has 0 saturated heterocycles. The summed E-state index contributed by atoms with van der Waals surface area (Å²) in [6.45, 7) is 5.14. The Balaban J connectivity index is 1.70. The normalized spacial score (nSPS) is 19.3.